The maximum absolute atomic E-state index is 13.1. The van der Waals surface area contributed by atoms with Gasteiger partial charge in [-0.25, -0.2) is 4.39 Å². The van der Waals surface area contributed by atoms with E-state index in [-0.39, 0.29) is 17.1 Å². The van der Waals surface area contributed by atoms with Crippen LogP contribution in [0.2, 0.25) is 0 Å². The second-order valence-electron chi connectivity index (χ2n) is 5.09. The molecule has 2 aromatic carbocycles. The lowest BCUT2D eigenvalue weighted by molar-refractivity contribution is -0.128. The monoisotopic (exact) mass is 317 g/mol. The number of halogens is 1. The molecule has 1 saturated heterocycles. The molecule has 3 rings (SSSR count). The molecule has 1 atom stereocenters. The molecule has 0 aliphatic carbocycles. The van der Waals surface area contributed by atoms with E-state index in [1.165, 1.54) is 12.1 Å². The van der Waals surface area contributed by atoms with Crippen LogP contribution in [0.25, 0.3) is 0 Å². The number of carbonyl (C=O) groups excluding carboxylic acids is 1. The van der Waals surface area contributed by atoms with Gasteiger partial charge in [-0.2, -0.15) is 0 Å². The first-order chi connectivity index (χ1) is 10.7. The van der Waals surface area contributed by atoms with E-state index < -0.39 is 0 Å². The number of benzene rings is 2. The third-order valence-electron chi connectivity index (χ3n) is 3.61. The fraction of sp³-hybridized carbons (Fsp3) is 0.235. The second-order valence-corrected chi connectivity index (χ2v) is 6.16. The van der Waals surface area contributed by atoms with Gasteiger partial charge in [-0.15, -0.1) is 11.8 Å². The highest BCUT2D eigenvalue weighted by atomic mass is 32.2. The minimum atomic E-state index is -0.266. The molecule has 1 fully saturated rings. The summed E-state index contributed by atoms with van der Waals surface area (Å²) in [5.41, 5.74) is 1.96. The predicted octanol–water partition coefficient (Wildman–Crippen LogP) is 3.61. The molecule has 2 aromatic rings. The molecule has 1 unspecified atom stereocenters. The van der Waals surface area contributed by atoms with Crippen LogP contribution in [-0.4, -0.2) is 23.7 Å². The molecule has 1 aliphatic rings. The third kappa shape index (κ3) is 3.09. The van der Waals surface area contributed by atoms with Gasteiger partial charge in [-0.3, -0.25) is 4.79 Å². The van der Waals surface area contributed by atoms with Gasteiger partial charge in [0.05, 0.1) is 12.9 Å². The molecule has 0 radical (unpaired) electrons. The molecule has 3 nitrogen and oxygen atoms in total. The zero-order valence-electron chi connectivity index (χ0n) is 12.2. The maximum atomic E-state index is 13.1. The molecule has 0 aromatic heterocycles. The Kier molecular flexibility index (Phi) is 4.34. The molecule has 0 saturated carbocycles. The molecule has 0 N–H and O–H groups in total. The zero-order valence-corrected chi connectivity index (χ0v) is 13.0. The van der Waals surface area contributed by atoms with Crippen molar-refractivity contribution in [2.45, 2.75) is 11.9 Å². The van der Waals surface area contributed by atoms with Crippen molar-refractivity contribution in [2.24, 2.45) is 0 Å². The summed E-state index contributed by atoms with van der Waals surface area (Å²) >= 11 is 1.57. The van der Waals surface area contributed by atoms with Crippen molar-refractivity contribution in [1.82, 2.24) is 4.90 Å². The minimum absolute atomic E-state index is 0.0701. The van der Waals surface area contributed by atoms with E-state index in [2.05, 4.69) is 0 Å². The van der Waals surface area contributed by atoms with Gasteiger partial charge in [-0.05, 0) is 35.4 Å². The van der Waals surface area contributed by atoms with Crippen LogP contribution in [0.4, 0.5) is 4.39 Å². The van der Waals surface area contributed by atoms with Crippen LogP contribution in [0, 0.1) is 5.82 Å². The second kappa shape index (κ2) is 6.40. The first kappa shape index (κ1) is 14.9. The number of thioether (sulfide) groups is 1. The lowest BCUT2D eigenvalue weighted by Crippen LogP contribution is -2.27. The number of carbonyl (C=O) groups is 1. The Morgan fingerprint density at radius 1 is 1.27 bits per heavy atom. The average molecular weight is 317 g/mol. The summed E-state index contributed by atoms with van der Waals surface area (Å²) < 4.78 is 18.3. The van der Waals surface area contributed by atoms with E-state index in [9.17, 15) is 9.18 Å². The number of amides is 1. The molecule has 22 heavy (non-hydrogen) atoms. The standard InChI is InChI=1S/C17H16FNO2S/c1-21-15-4-2-3-12(9-15)10-19-16(20)11-22-17(19)13-5-7-14(18)8-6-13/h2-9,17H,10-11H2,1H3. The van der Waals surface area contributed by atoms with Crippen LogP contribution in [0.1, 0.15) is 16.5 Å². The molecule has 0 spiro atoms. The van der Waals surface area contributed by atoms with Crippen LogP contribution in [-0.2, 0) is 11.3 Å². The average Bonchev–Trinajstić information content (AvgIpc) is 2.89. The lowest BCUT2D eigenvalue weighted by atomic mass is 10.1. The summed E-state index contributed by atoms with van der Waals surface area (Å²) in [4.78, 5) is 14.0. The van der Waals surface area contributed by atoms with Crippen LogP contribution >= 0.6 is 11.8 Å². The van der Waals surface area contributed by atoms with Crippen molar-refractivity contribution < 1.29 is 13.9 Å². The van der Waals surface area contributed by atoms with E-state index in [1.54, 1.807) is 31.0 Å². The summed E-state index contributed by atoms with van der Waals surface area (Å²) in [5.74, 6) is 1.06. The molecule has 0 bridgehead atoms. The van der Waals surface area contributed by atoms with E-state index >= 15 is 0 Å². The number of hydrogen-bond acceptors (Lipinski definition) is 3. The van der Waals surface area contributed by atoms with Gasteiger partial charge in [0.2, 0.25) is 5.91 Å². The first-order valence-corrected chi connectivity index (χ1v) is 8.02. The first-order valence-electron chi connectivity index (χ1n) is 6.97. The quantitative estimate of drug-likeness (QED) is 0.863. The largest absolute Gasteiger partial charge is 0.497 e. The van der Waals surface area contributed by atoms with Crippen molar-refractivity contribution in [1.29, 1.82) is 0 Å². The summed E-state index contributed by atoms with van der Waals surface area (Å²) in [6, 6.07) is 14.0. The Bertz CT molecular complexity index is 675. The SMILES string of the molecule is COc1cccc(CN2C(=O)CSC2c2ccc(F)cc2)c1. The van der Waals surface area contributed by atoms with Gasteiger partial charge < -0.3 is 9.64 Å². The van der Waals surface area contributed by atoms with Crippen molar-refractivity contribution in [2.75, 3.05) is 12.9 Å². The number of ether oxygens (including phenoxy) is 1. The van der Waals surface area contributed by atoms with Crippen LogP contribution in [0.15, 0.2) is 48.5 Å². The summed E-state index contributed by atoms with van der Waals surface area (Å²) in [7, 11) is 1.62. The molecule has 114 valence electrons. The molecule has 5 heteroatoms. The van der Waals surface area contributed by atoms with E-state index in [1.807, 2.05) is 29.2 Å². The topological polar surface area (TPSA) is 29.5 Å². The van der Waals surface area contributed by atoms with Crippen molar-refractivity contribution >= 4 is 17.7 Å². The number of hydrogen-bond donors (Lipinski definition) is 0. The number of rotatable bonds is 4. The molecule has 1 heterocycles. The molecular formula is C17H16FNO2S. The Labute approximate surface area is 133 Å². The van der Waals surface area contributed by atoms with Gasteiger partial charge in [0.15, 0.2) is 0 Å². The van der Waals surface area contributed by atoms with E-state index in [4.69, 9.17) is 4.74 Å². The fourth-order valence-corrected chi connectivity index (χ4v) is 3.68. The van der Waals surface area contributed by atoms with Crippen LogP contribution in [0.5, 0.6) is 5.75 Å². The van der Waals surface area contributed by atoms with Crippen molar-refractivity contribution in [3.05, 3.63) is 65.5 Å². The van der Waals surface area contributed by atoms with Gasteiger partial charge in [-0.1, -0.05) is 24.3 Å². The predicted molar refractivity (Wildman–Crippen MR) is 85.1 cm³/mol. The van der Waals surface area contributed by atoms with Crippen molar-refractivity contribution in [3.8, 4) is 5.75 Å². The Balaban J connectivity index is 1.83. The third-order valence-corrected chi connectivity index (χ3v) is 4.87. The van der Waals surface area contributed by atoms with E-state index in [0.717, 1.165) is 16.9 Å². The molecule has 1 amide bonds. The fourth-order valence-electron chi connectivity index (χ4n) is 2.50. The normalized spacial score (nSPS) is 17.8. The Morgan fingerprint density at radius 2 is 2.05 bits per heavy atom. The smallest absolute Gasteiger partial charge is 0.234 e. The van der Waals surface area contributed by atoms with Crippen LogP contribution < -0.4 is 4.74 Å². The van der Waals surface area contributed by atoms with Crippen LogP contribution in [0.3, 0.4) is 0 Å². The lowest BCUT2D eigenvalue weighted by Gasteiger charge is -2.24. The Morgan fingerprint density at radius 3 is 2.77 bits per heavy atom. The van der Waals surface area contributed by atoms with Crippen molar-refractivity contribution in [3.63, 3.8) is 0 Å². The minimum Gasteiger partial charge on any atom is -0.497 e. The maximum Gasteiger partial charge on any atom is 0.234 e. The highest BCUT2D eigenvalue weighted by Crippen LogP contribution is 2.39. The van der Waals surface area contributed by atoms with Gasteiger partial charge in [0, 0.05) is 6.54 Å². The zero-order chi connectivity index (χ0) is 15.5. The van der Waals surface area contributed by atoms with Gasteiger partial charge in [0.1, 0.15) is 16.9 Å². The molecular weight excluding hydrogens is 301 g/mol. The number of methoxy groups -OCH3 is 1. The molecule has 1 aliphatic heterocycles. The summed E-state index contributed by atoms with van der Waals surface area (Å²) in [5, 5.41) is -0.0701. The summed E-state index contributed by atoms with van der Waals surface area (Å²) in [6.45, 7) is 0.519. The number of nitrogens with zero attached hydrogens (tertiary/aromatic N) is 1. The van der Waals surface area contributed by atoms with E-state index in [0.29, 0.717) is 12.3 Å². The highest BCUT2D eigenvalue weighted by molar-refractivity contribution is 8.00. The van der Waals surface area contributed by atoms with Gasteiger partial charge in [0.25, 0.3) is 0 Å². The van der Waals surface area contributed by atoms with Gasteiger partial charge >= 0.3 is 0 Å². The summed E-state index contributed by atoms with van der Waals surface area (Å²) in [6.07, 6.45) is 0. The Hall–Kier alpha value is -2.01. The highest BCUT2D eigenvalue weighted by Gasteiger charge is 2.32.